The molecule has 0 aliphatic heterocycles. The van der Waals surface area contributed by atoms with E-state index in [4.69, 9.17) is 12.2 Å². The summed E-state index contributed by atoms with van der Waals surface area (Å²) in [5.41, 5.74) is 1.23. The van der Waals surface area contributed by atoms with Crippen LogP contribution in [0.1, 0.15) is 5.56 Å². The molecule has 0 fully saturated rings. The van der Waals surface area contributed by atoms with Gasteiger partial charge in [-0.1, -0.05) is 53.4 Å². The zero-order chi connectivity index (χ0) is 10.7. The Labute approximate surface area is 102 Å². The lowest BCUT2D eigenvalue weighted by Crippen LogP contribution is -2.01. The Morgan fingerprint density at radius 1 is 1.40 bits per heavy atom. The first-order valence-corrected chi connectivity index (χ1v) is 6.90. The molecule has 0 radical (unpaired) electrons. The predicted molar refractivity (Wildman–Crippen MR) is 68.3 cm³/mol. The lowest BCUT2D eigenvalue weighted by Gasteiger charge is -2.00. The minimum Gasteiger partial charge on any atom is -0.239 e. The fourth-order valence-electron chi connectivity index (χ4n) is 1.23. The van der Waals surface area contributed by atoms with Gasteiger partial charge in [-0.15, -0.1) is 0 Å². The molecule has 0 saturated carbocycles. The molecule has 0 amide bonds. The smallest absolute Gasteiger partial charge is 0.180 e. The predicted octanol–water partition coefficient (Wildman–Crippen LogP) is 3.44. The van der Waals surface area contributed by atoms with Crippen LogP contribution in [0.3, 0.4) is 0 Å². The molecule has 1 aromatic heterocycles. The van der Waals surface area contributed by atoms with E-state index in [9.17, 15) is 0 Å². The number of benzene rings is 1. The van der Waals surface area contributed by atoms with Crippen LogP contribution < -0.4 is 0 Å². The molecule has 1 heterocycles. The zero-order valence-electron chi connectivity index (χ0n) is 8.21. The summed E-state index contributed by atoms with van der Waals surface area (Å²) in [5, 5.41) is 4.42. The second kappa shape index (κ2) is 4.92. The third-order valence-electron chi connectivity index (χ3n) is 1.94. The molecule has 15 heavy (non-hydrogen) atoms. The molecule has 1 aromatic carbocycles. The first kappa shape index (κ1) is 10.9. The monoisotopic (exact) mass is 254 g/mol. The summed E-state index contributed by atoms with van der Waals surface area (Å²) in [6, 6.07) is 10.2. The molecule has 2 rings (SSSR count). The highest BCUT2D eigenvalue weighted by Crippen LogP contribution is 2.19. The average Bonchev–Trinajstić information content (AvgIpc) is 2.61. The van der Waals surface area contributed by atoms with Gasteiger partial charge >= 0.3 is 0 Å². The van der Waals surface area contributed by atoms with Gasteiger partial charge in [-0.25, -0.2) is 4.68 Å². The van der Waals surface area contributed by atoms with Crippen molar-refractivity contribution in [2.45, 2.75) is 10.9 Å². The Hall–Kier alpha value is -0.650. The zero-order valence-corrected chi connectivity index (χ0v) is 10.7. The van der Waals surface area contributed by atoms with Gasteiger partial charge in [-0.05, 0) is 24.0 Å². The molecule has 5 heteroatoms. The normalized spacial score (nSPS) is 10.5. The SMILES string of the molecule is CSc1nn(Cc2ccccc2)c(=S)s1. The minimum atomic E-state index is 0.761. The maximum Gasteiger partial charge on any atom is 0.180 e. The molecule has 0 spiro atoms. The van der Waals surface area contributed by atoms with E-state index in [0.29, 0.717) is 0 Å². The molecule has 0 aliphatic carbocycles. The van der Waals surface area contributed by atoms with Crippen LogP contribution >= 0.6 is 35.3 Å². The quantitative estimate of drug-likeness (QED) is 0.617. The van der Waals surface area contributed by atoms with Crippen LogP contribution in [0.25, 0.3) is 0 Å². The van der Waals surface area contributed by atoms with Crippen LogP contribution in [0.15, 0.2) is 34.7 Å². The van der Waals surface area contributed by atoms with Crippen molar-refractivity contribution in [3.63, 3.8) is 0 Å². The Balaban J connectivity index is 2.25. The summed E-state index contributed by atoms with van der Waals surface area (Å²) in [6.07, 6.45) is 2.01. The first-order chi connectivity index (χ1) is 7.29. The van der Waals surface area contributed by atoms with E-state index in [-0.39, 0.29) is 0 Å². The average molecular weight is 254 g/mol. The molecule has 0 aliphatic rings. The van der Waals surface area contributed by atoms with E-state index in [2.05, 4.69) is 17.2 Å². The molecular formula is C10H10N2S3. The van der Waals surface area contributed by atoms with Crippen LogP contribution in [0.4, 0.5) is 0 Å². The molecule has 78 valence electrons. The first-order valence-electron chi connectivity index (χ1n) is 4.45. The molecule has 0 atom stereocenters. The van der Waals surface area contributed by atoms with Gasteiger partial charge in [0.1, 0.15) is 0 Å². The van der Waals surface area contributed by atoms with Gasteiger partial charge in [-0.3, -0.25) is 0 Å². The summed E-state index contributed by atoms with van der Waals surface area (Å²) in [6.45, 7) is 0.761. The molecule has 0 unspecified atom stereocenters. The molecule has 0 saturated heterocycles. The van der Waals surface area contributed by atoms with Crippen LogP contribution in [0.2, 0.25) is 0 Å². The Morgan fingerprint density at radius 2 is 2.13 bits per heavy atom. The van der Waals surface area contributed by atoms with Crippen LogP contribution in [0, 0.1) is 3.95 Å². The lowest BCUT2D eigenvalue weighted by atomic mass is 10.2. The van der Waals surface area contributed by atoms with E-state index >= 15 is 0 Å². The second-order valence-corrected chi connectivity index (χ2v) is 5.66. The summed E-state index contributed by atoms with van der Waals surface area (Å²) >= 11 is 8.44. The standard InChI is InChI=1S/C10H10N2S3/c1-14-9-11-12(10(13)15-9)7-8-5-3-2-4-6-8/h2-6H,7H2,1H3. The fraction of sp³-hybridized carbons (Fsp3) is 0.200. The highest BCUT2D eigenvalue weighted by molar-refractivity contribution is 8.00. The lowest BCUT2D eigenvalue weighted by molar-refractivity contribution is 0.659. The van der Waals surface area contributed by atoms with Crippen molar-refractivity contribution in [3.8, 4) is 0 Å². The van der Waals surface area contributed by atoms with Crippen molar-refractivity contribution in [1.29, 1.82) is 0 Å². The maximum absolute atomic E-state index is 5.24. The Kier molecular flexibility index (Phi) is 3.56. The van der Waals surface area contributed by atoms with Gasteiger partial charge in [-0.2, -0.15) is 5.10 Å². The van der Waals surface area contributed by atoms with E-state index in [0.717, 1.165) is 14.8 Å². The summed E-state index contributed by atoms with van der Waals surface area (Å²) < 4.78 is 3.74. The largest absolute Gasteiger partial charge is 0.239 e. The number of hydrogen-bond donors (Lipinski definition) is 0. The Bertz CT molecular complexity index is 487. The van der Waals surface area contributed by atoms with Crippen molar-refractivity contribution >= 4 is 35.3 Å². The number of rotatable bonds is 3. The molecule has 2 nitrogen and oxygen atoms in total. The van der Waals surface area contributed by atoms with Crippen LogP contribution in [-0.2, 0) is 6.54 Å². The van der Waals surface area contributed by atoms with Gasteiger partial charge in [0, 0.05) is 0 Å². The highest BCUT2D eigenvalue weighted by Gasteiger charge is 2.02. The summed E-state index contributed by atoms with van der Waals surface area (Å²) in [4.78, 5) is 0. The molecule has 0 bridgehead atoms. The van der Waals surface area contributed by atoms with Crippen molar-refractivity contribution in [2.24, 2.45) is 0 Å². The van der Waals surface area contributed by atoms with Gasteiger partial charge in [0.25, 0.3) is 0 Å². The maximum atomic E-state index is 5.24. The number of nitrogens with zero attached hydrogens (tertiary/aromatic N) is 2. The van der Waals surface area contributed by atoms with E-state index in [1.165, 1.54) is 5.56 Å². The van der Waals surface area contributed by atoms with Gasteiger partial charge < -0.3 is 0 Å². The summed E-state index contributed by atoms with van der Waals surface area (Å²) in [5.74, 6) is 0. The van der Waals surface area contributed by atoms with Crippen molar-refractivity contribution in [1.82, 2.24) is 9.78 Å². The number of aromatic nitrogens is 2. The fourth-order valence-corrected chi connectivity index (χ4v) is 2.98. The van der Waals surface area contributed by atoms with E-state index in [1.54, 1.807) is 23.1 Å². The third-order valence-corrected chi connectivity index (χ3v) is 4.22. The number of hydrogen-bond acceptors (Lipinski definition) is 4. The molecule has 0 N–H and O–H groups in total. The Morgan fingerprint density at radius 3 is 2.73 bits per heavy atom. The molecule has 2 aromatic rings. The van der Waals surface area contributed by atoms with E-state index in [1.807, 2.05) is 29.1 Å². The summed E-state index contributed by atoms with van der Waals surface area (Å²) in [7, 11) is 0. The van der Waals surface area contributed by atoms with Gasteiger partial charge in [0.2, 0.25) is 0 Å². The van der Waals surface area contributed by atoms with Crippen LogP contribution in [-0.4, -0.2) is 16.0 Å². The van der Waals surface area contributed by atoms with Gasteiger partial charge in [0.15, 0.2) is 8.29 Å². The van der Waals surface area contributed by atoms with E-state index < -0.39 is 0 Å². The van der Waals surface area contributed by atoms with Crippen molar-refractivity contribution in [2.75, 3.05) is 6.26 Å². The topological polar surface area (TPSA) is 17.8 Å². The van der Waals surface area contributed by atoms with Crippen molar-refractivity contribution < 1.29 is 0 Å². The third kappa shape index (κ3) is 2.68. The van der Waals surface area contributed by atoms with Gasteiger partial charge in [0.05, 0.1) is 6.54 Å². The second-order valence-electron chi connectivity index (χ2n) is 2.98. The van der Waals surface area contributed by atoms with Crippen LogP contribution in [0.5, 0.6) is 0 Å². The molecular weight excluding hydrogens is 244 g/mol. The highest BCUT2D eigenvalue weighted by atomic mass is 32.2. The number of thioether (sulfide) groups is 1. The van der Waals surface area contributed by atoms with Crippen molar-refractivity contribution in [3.05, 3.63) is 39.8 Å². The minimum absolute atomic E-state index is 0.761.